The summed E-state index contributed by atoms with van der Waals surface area (Å²) >= 11 is 5.96. The number of sulfone groups is 1. The highest BCUT2D eigenvalue weighted by molar-refractivity contribution is 7.92. The average molecular weight is 370 g/mol. The van der Waals surface area contributed by atoms with Crippen LogP contribution in [0, 0.1) is 10.1 Å². The van der Waals surface area contributed by atoms with Gasteiger partial charge in [0.2, 0.25) is 5.75 Å². The van der Waals surface area contributed by atoms with Crippen molar-refractivity contribution in [2.45, 2.75) is 30.4 Å². The van der Waals surface area contributed by atoms with Crippen LogP contribution in [-0.2, 0) is 9.84 Å². The van der Waals surface area contributed by atoms with Crippen LogP contribution < -0.4 is 4.74 Å². The van der Waals surface area contributed by atoms with E-state index < -0.39 is 19.5 Å². The van der Waals surface area contributed by atoms with Gasteiger partial charge in [-0.3, -0.25) is 10.1 Å². The predicted octanol–water partition coefficient (Wildman–Crippen LogP) is 4.61. The number of hydrogen-bond donors (Lipinski definition) is 0. The summed E-state index contributed by atoms with van der Waals surface area (Å²) in [6, 6.07) is 9.88. The molecule has 0 aliphatic rings. The van der Waals surface area contributed by atoms with E-state index in [2.05, 4.69) is 0 Å². The number of nitro benzene ring substituents is 1. The molecule has 0 bridgehead atoms. The van der Waals surface area contributed by atoms with Gasteiger partial charge in [0, 0.05) is 6.07 Å². The first-order valence-corrected chi connectivity index (χ1v) is 8.85. The zero-order chi connectivity index (χ0) is 18.1. The Bertz CT molecular complexity index is 870. The van der Waals surface area contributed by atoms with Gasteiger partial charge in [-0.2, -0.15) is 0 Å². The zero-order valence-corrected chi connectivity index (χ0v) is 14.9. The van der Waals surface area contributed by atoms with Gasteiger partial charge in [-0.05, 0) is 51.1 Å². The van der Waals surface area contributed by atoms with Crippen LogP contribution in [0.25, 0.3) is 0 Å². The van der Waals surface area contributed by atoms with Crippen molar-refractivity contribution in [1.29, 1.82) is 0 Å². The van der Waals surface area contributed by atoms with E-state index in [4.69, 9.17) is 16.3 Å². The summed E-state index contributed by atoms with van der Waals surface area (Å²) in [5.74, 6) is 0.162. The minimum Gasteiger partial charge on any atom is -0.449 e. The number of nitrogens with zero attached hydrogens (tertiary/aromatic N) is 1. The lowest BCUT2D eigenvalue weighted by Gasteiger charge is -2.19. The fourth-order valence-electron chi connectivity index (χ4n) is 1.90. The first kappa shape index (κ1) is 18.2. The number of halogens is 1. The maximum atomic E-state index is 12.4. The van der Waals surface area contributed by atoms with E-state index in [0.717, 1.165) is 0 Å². The lowest BCUT2D eigenvalue weighted by molar-refractivity contribution is -0.385. The van der Waals surface area contributed by atoms with Gasteiger partial charge in [-0.25, -0.2) is 8.42 Å². The fraction of sp³-hybridized carbons (Fsp3) is 0.250. The normalized spacial score (nSPS) is 12.0. The van der Waals surface area contributed by atoms with Crippen molar-refractivity contribution in [2.75, 3.05) is 0 Å². The van der Waals surface area contributed by atoms with Crippen LogP contribution in [0.15, 0.2) is 47.4 Å². The van der Waals surface area contributed by atoms with Crippen molar-refractivity contribution in [3.05, 3.63) is 57.6 Å². The number of nitro groups is 1. The highest BCUT2D eigenvalue weighted by Gasteiger charge is 2.30. The van der Waals surface area contributed by atoms with Crippen LogP contribution in [0.5, 0.6) is 11.5 Å². The minimum atomic E-state index is -3.49. The Morgan fingerprint density at radius 3 is 2.17 bits per heavy atom. The van der Waals surface area contributed by atoms with Crippen molar-refractivity contribution in [1.82, 2.24) is 0 Å². The molecule has 0 heterocycles. The smallest absolute Gasteiger partial charge is 0.313 e. The molecule has 2 aromatic rings. The van der Waals surface area contributed by atoms with Crippen LogP contribution in [0.2, 0.25) is 5.02 Å². The molecule has 2 rings (SSSR count). The van der Waals surface area contributed by atoms with Gasteiger partial charge in [0.1, 0.15) is 5.75 Å². The van der Waals surface area contributed by atoms with E-state index in [9.17, 15) is 18.5 Å². The molecule has 0 radical (unpaired) electrons. The zero-order valence-electron chi connectivity index (χ0n) is 13.3. The maximum absolute atomic E-state index is 12.4. The molecule has 8 heteroatoms. The highest BCUT2D eigenvalue weighted by atomic mass is 35.5. The lowest BCUT2D eigenvalue weighted by atomic mass is 10.3. The monoisotopic (exact) mass is 369 g/mol. The molecule has 0 saturated heterocycles. The molecule has 0 N–H and O–H groups in total. The fourth-order valence-corrected chi connectivity index (χ4v) is 3.31. The van der Waals surface area contributed by atoms with Gasteiger partial charge in [0.25, 0.3) is 0 Å². The molecule has 0 spiro atoms. The number of para-hydroxylation sites is 1. The van der Waals surface area contributed by atoms with Crippen molar-refractivity contribution < 1.29 is 18.1 Å². The molecule has 0 aliphatic heterocycles. The summed E-state index contributed by atoms with van der Waals surface area (Å²) < 4.78 is 29.3. The van der Waals surface area contributed by atoms with Gasteiger partial charge in [-0.15, -0.1) is 0 Å². The number of benzene rings is 2. The molecule has 2 aromatic carbocycles. The highest BCUT2D eigenvalue weighted by Crippen LogP contribution is 2.38. The summed E-state index contributed by atoms with van der Waals surface area (Å²) in [7, 11) is -3.49. The Labute approximate surface area is 145 Å². The lowest BCUT2D eigenvalue weighted by Crippen LogP contribution is -2.27. The van der Waals surface area contributed by atoms with Crippen LogP contribution in [0.4, 0.5) is 5.69 Å². The predicted molar refractivity (Wildman–Crippen MR) is 91.6 cm³/mol. The first-order valence-electron chi connectivity index (χ1n) is 6.99. The van der Waals surface area contributed by atoms with E-state index >= 15 is 0 Å². The van der Waals surface area contributed by atoms with Crippen LogP contribution in [0.1, 0.15) is 20.8 Å². The molecular weight excluding hydrogens is 354 g/mol. The maximum Gasteiger partial charge on any atom is 0.313 e. The van der Waals surface area contributed by atoms with Crippen molar-refractivity contribution >= 4 is 27.1 Å². The second kappa shape index (κ2) is 6.41. The summed E-state index contributed by atoms with van der Waals surface area (Å²) in [6.07, 6.45) is 0. The van der Waals surface area contributed by atoms with Gasteiger partial charge >= 0.3 is 5.69 Å². The largest absolute Gasteiger partial charge is 0.449 e. The molecule has 6 nitrogen and oxygen atoms in total. The number of ether oxygens (including phenoxy) is 1. The van der Waals surface area contributed by atoms with Gasteiger partial charge < -0.3 is 4.74 Å². The summed E-state index contributed by atoms with van der Waals surface area (Å²) in [4.78, 5) is 10.6. The van der Waals surface area contributed by atoms with Crippen LogP contribution in [0.3, 0.4) is 0 Å². The van der Waals surface area contributed by atoms with Gasteiger partial charge in [0.05, 0.1) is 19.6 Å². The Hall–Kier alpha value is -2.12. The Morgan fingerprint density at radius 2 is 1.67 bits per heavy atom. The second-order valence-corrected chi connectivity index (χ2v) is 9.14. The molecule has 0 atom stereocenters. The van der Waals surface area contributed by atoms with Gasteiger partial charge in [-0.1, -0.05) is 17.7 Å². The second-order valence-electron chi connectivity index (χ2n) is 6.03. The van der Waals surface area contributed by atoms with Crippen molar-refractivity contribution in [3.63, 3.8) is 0 Å². The van der Waals surface area contributed by atoms with Crippen molar-refractivity contribution in [3.8, 4) is 11.5 Å². The number of hydrogen-bond acceptors (Lipinski definition) is 5. The minimum absolute atomic E-state index is 0.0874. The van der Waals surface area contributed by atoms with E-state index in [1.54, 1.807) is 20.8 Å². The standard InChI is InChI=1S/C16H16ClNO5S/c1-16(2,3)24(21,22)12-9-7-11(8-10-12)23-15-13(17)5-4-6-14(15)18(19)20/h4-10H,1-3H3. The van der Waals surface area contributed by atoms with Gasteiger partial charge in [0.15, 0.2) is 9.84 Å². The molecule has 128 valence electrons. The van der Waals surface area contributed by atoms with E-state index in [0.29, 0.717) is 0 Å². The average Bonchev–Trinajstić information content (AvgIpc) is 2.48. The van der Waals surface area contributed by atoms with E-state index in [-0.39, 0.29) is 27.1 Å². The quantitative estimate of drug-likeness (QED) is 0.580. The third kappa shape index (κ3) is 3.52. The molecule has 0 aromatic heterocycles. The molecule has 24 heavy (non-hydrogen) atoms. The molecule has 0 aliphatic carbocycles. The summed E-state index contributed by atoms with van der Waals surface area (Å²) in [6.45, 7) is 4.83. The third-order valence-electron chi connectivity index (χ3n) is 3.30. The van der Waals surface area contributed by atoms with E-state index in [1.807, 2.05) is 0 Å². The summed E-state index contributed by atoms with van der Waals surface area (Å²) in [5, 5.41) is 11.1. The summed E-state index contributed by atoms with van der Waals surface area (Å²) in [5.41, 5.74) is -0.270. The molecule has 0 unspecified atom stereocenters. The number of rotatable bonds is 4. The van der Waals surface area contributed by atoms with E-state index in [1.165, 1.54) is 42.5 Å². The Morgan fingerprint density at radius 1 is 1.08 bits per heavy atom. The molecular formula is C16H16ClNO5S. The van der Waals surface area contributed by atoms with Crippen LogP contribution in [-0.4, -0.2) is 18.1 Å². The van der Waals surface area contributed by atoms with Crippen LogP contribution >= 0.6 is 11.6 Å². The molecule has 0 saturated carbocycles. The molecule has 0 fully saturated rings. The van der Waals surface area contributed by atoms with Crippen molar-refractivity contribution in [2.24, 2.45) is 0 Å². The Balaban J connectivity index is 2.37. The molecule has 0 amide bonds. The Kier molecular flexibility index (Phi) is 4.87. The third-order valence-corrected chi connectivity index (χ3v) is 6.11. The SMILES string of the molecule is CC(C)(C)S(=O)(=O)c1ccc(Oc2c(Cl)cccc2[N+](=O)[O-])cc1. The topological polar surface area (TPSA) is 86.5 Å². The first-order chi connectivity index (χ1) is 11.0.